The number of halogens is 2. The number of benzene rings is 2. The van der Waals surface area contributed by atoms with Crippen molar-refractivity contribution >= 4 is 40.7 Å². The molecule has 2 aromatic heterocycles. The first kappa shape index (κ1) is 33.9. The lowest BCUT2D eigenvalue weighted by molar-refractivity contribution is -0.119. The lowest BCUT2D eigenvalue weighted by atomic mass is 10.0. The molecule has 0 bridgehead atoms. The molecule has 0 spiro atoms. The van der Waals surface area contributed by atoms with Gasteiger partial charge in [-0.1, -0.05) is 47.5 Å². The van der Waals surface area contributed by atoms with Gasteiger partial charge in [-0.3, -0.25) is 19.5 Å². The van der Waals surface area contributed by atoms with Gasteiger partial charge in [-0.15, -0.1) is 0 Å². The number of amides is 2. The van der Waals surface area contributed by atoms with Gasteiger partial charge in [-0.25, -0.2) is 4.98 Å². The zero-order valence-electron chi connectivity index (χ0n) is 27.2. The molecule has 2 amide bonds. The van der Waals surface area contributed by atoms with Crippen LogP contribution in [0.4, 0.5) is 5.69 Å². The highest BCUT2D eigenvalue weighted by Gasteiger charge is 2.26. The van der Waals surface area contributed by atoms with E-state index in [1.807, 2.05) is 41.9 Å². The summed E-state index contributed by atoms with van der Waals surface area (Å²) in [6.07, 6.45) is 3.90. The fourth-order valence-corrected chi connectivity index (χ4v) is 6.91. The van der Waals surface area contributed by atoms with Gasteiger partial charge in [0, 0.05) is 99.9 Å². The van der Waals surface area contributed by atoms with Crippen LogP contribution in [0.3, 0.4) is 0 Å². The largest absolute Gasteiger partial charge is 0.496 e. The van der Waals surface area contributed by atoms with Crippen molar-refractivity contribution in [2.45, 2.75) is 38.4 Å². The summed E-state index contributed by atoms with van der Waals surface area (Å²) in [4.78, 5) is 36.5. The Hall–Kier alpha value is -4.00. The van der Waals surface area contributed by atoms with E-state index >= 15 is 0 Å². The summed E-state index contributed by atoms with van der Waals surface area (Å²) in [6.45, 7) is 4.29. The molecule has 1 fully saturated rings. The van der Waals surface area contributed by atoms with Crippen molar-refractivity contribution in [1.82, 2.24) is 30.1 Å². The number of imidazole rings is 1. The van der Waals surface area contributed by atoms with Crippen molar-refractivity contribution in [3.8, 4) is 28.1 Å². The Morgan fingerprint density at radius 1 is 1.10 bits per heavy atom. The second kappa shape index (κ2) is 15.0. The molecule has 1 atom stereocenters. The number of methoxy groups -OCH3 is 2. The van der Waals surface area contributed by atoms with E-state index in [9.17, 15) is 9.59 Å². The zero-order valence-corrected chi connectivity index (χ0v) is 28.7. The summed E-state index contributed by atoms with van der Waals surface area (Å²) < 4.78 is 12.8. The number of carbonyl (C=O) groups excluding carboxylic acids is 2. The van der Waals surface area contributed by atoms with Crippen LogP contribution in [0.15, 0.2) is 48.7 Å². The molecule has 2 aliphatic rings. The van der Waals surface area contributed by atoms with Crippen molar-refractivity contribution in [2.75, 3.05) is 45.8 Å². The Balaban J connectivity index is 1.19. The minimum Gasteiger partial charge on any atom is -0.496 e. The highest BCUT2D eigenvalue weighted by Crippen LogP contribution is 2.41. The Morgan fingerprint density at radius 3 is 2.71 bits per heavy atom. The summed E-state index contributed by atoms with van der Waals surface area (Å²) in [5.41, 5.74) is 6.08. The molecule has 0 unspecified atom stereocenters. The van der Waals surface area contributed by atoms with Crippen molar-refractivity contribution in [3.63, 3.8) is 0 Å². The van der Waals surface area contributed by atoms with Gasteiger partial charge in [-0.2, -0.15) is 0 Å². The van der Waals surface area contributed by atoms with E-state index in [-0.39, 0.29) is 17.9 Å². The van der Waals surface area contributed by atoms with Gasteiger partial charge in [0.15, 0.2) is 5.82 Å². The predicted molar refractivity (Wildman–Crippen MR) is 187 cm³/mol. The molecule has 11 nitrogen and oxygen atoms in total. The number of anilines is 1. The van der Waals surface area contributed by atoms with E-state index in [0.29, 0.717) is 76.8 Å². The molecule has 48 heavy (non-hydrogen) atoms. The molecule has 0 saturated carbocycles. The molecule has 3 N–H and O–H groups in total. The molecular weight excluding hydrogens is 653 g/mol. The number of hydrogen-bond donors (Lipinski definition) is 3. The lowest BCUT2D eigenvalue weighted by Gasteiger charge is -2.26. The number of aromatic nitrogens is 3. The van der Waals surface area contributed by atoms with Crippen LogP contribution >= 0.6 is 23.2 Å². The standard InChI is InChI=1S/C35H39Cl2N7O4/c1-43-28-12-14-44(15-16-47-2)20-27(28)41-34(43)35(46)42-26-6-4-5-24(31(26)36)25-11-13-39-33(32(25)37)21-7-8-22(29(17-21)48-3)18-38-19-23-9-10-30(45)40-23/h4-8,11,13,17,23,38H,9-10,12,14-16,18-20H2,1-3H3,(H,40,45)(H,42,46)/t23-/m0/s1. The number of nitrogens with zero attached hydrogens (tertiary/aromatic N) is 4. The Labute approximate surface area is 289 Å². The van der Waals surface area contributed by atoms with Gasteiger partial charge in [0.1, 0.15) is 5.75 Å². The van der Waals surface area contributed by atoms with E-state index in [0.717, 1.165) is 48.4 Å². The fourth-order valence-electron chi connectivity index (χ4n) is 6.31. The van der Waals surface area contributed by atoms with E-state index in [2.05, 4.69) is 25.8 Å². The number of hydrogen-bond acceptors (Lipinski definition) is 8. The third-order valence-corrected chi connectivity index (χ3v) is 9.72. The van der Waals surface area contributed by atoms with Gasteiger partial charge < -0.3 is 30.0 Å². The molecule has 1 saturated heterocycles. The van der Waals surface area contributed by atoms with Crippen LogP contribution in [0.5, 0.6) is 5.75 Å². The molecule has 6 rings (SSSR count). The van der Waals surface area contributed by atoms with Crippen LogP contribution in [0.25, 0.3) is 22.4 Å². The highest BCUT2D eigenvalue weighted by atomic mass is 35.5. The average Bonchev–Trinajstić information content (AvgIpc) is 3.66. The van der Waals surface area contributed by atoms with Crippen molar-refractivity contribution < 1.29 is 19.1 Å². The number of fused-ring (bicyclic) bond motifs is 1. The topological polar surface area (TPSA) is 123 Å². The molecule has 252 valence electrons. The number of nitrogens with one attached hydrogen (secondary N) is 3. The Bertz CT molecular complexity index is 1830. The molecule has 2 aliphatic heterocycles. The maximum Gasteiger partial charge on any atom is 0.291 e. The molecule has 13 heteroatoms. The number of carbonyl (C=O) groups is 2. The van der Waals surface area contributed by atoms with Gasteiger partial charge in [0.2, 0.25) is 5.91 Å². The maximum atomic E-state index is 13.5. The quantitative estimate of drug-likeness (QED) is 0.188. The number of pyridine rings is 1. The molecular formula is C35H39Cl2N7O4. The van der Waals surface area contributed by atoms with E-state index in [1.54, 1.807) is 32.5 Å². The van der Waals surface area contributed by atoms with Crippen LogP contribution in [-0.4, -0.2) is 77.8 Å². The summed E-state index contributed by atoms with van der Waals surface area (Å²) >= 11 is 13.9. The van der Waals surface area contributed by atoms with Gasteiger partial charge in [0.25, 0.3) is 5.91 Å². The highest BCUT2D eigenvalue weighted by molar-refractivity contribution is 6.39. The minimum absolute atomic E-state index is 0.0988. The van der Waals surface area contributed by atoms with Crippen molar-refractivity contribution in [1.29, 1.82) is 0 Å². The van der Waals surface area contributed by atoms with E-state index < -0.39 is 0 Å². The van der Waals surface area contributed by atoms with Crippen molar-refractivity contribution in [2.24, 2.45) is 7.05 Å². The second-order valence-corrected chi connectivity index (χ2v) is 12.8. The smallest absolute Gasteiger partial charge is 0.291 e. The first-order chi connectivity index (χ1) is 23.3. The lowest BCUT2D eigenvalue weighted by Crippen LogP contribution is -2.35. The van der Waals surface area contributed by atoms with Gasteiger partial charge in [-0.05, 0) is 24.6 Å². The summed E-state index contributed by atoms with van der Waals surface area (Å²) in [5.74, 6) is 0.782. The molecule has 4 heterocycles. The van der Waals surface area contributed by atoms with Crippen molar-refractivity contribution in [3.05, 3.63) is 81.5 Å². The van der Waals surface area contributed by atoms with Crippen LogP contribution in [0.1, 0.15) is 40.4 Å². The average molecular weight is 693 g/mol. The minimum atomic E-state index is -0.342. The van der Waals surface area contributed by atoms with E-state index in [1.165, 1.54) is 0 Å². The maximum absolute atomic E-state index is 13.5. The monoisotopic (exact) mass is 691 g/mol. The summed E-state index contributed by atoms with van der Waals surface area (Å²) in [6, 6.07) is 13.2. The van der Waals surface area contributed by atoms with Crippen LogP contribution < -0.4 is 20.7 Å². The predicted octanol–water partition coefficient (Wildman–Crippen LogP) is 5.09. The molecule has 0 radical (unpaired) electrons. The first-order valence-corrected chi connectivity index (χ1v) is 16.7. The van der Waals surface area contributed by atoms with Gasteiger partial charge >= 0.3 is 0 Å². The zero-order chi connectivity index (χ0) is 33.8. The first-order valence-electron chi connectivity index (χ1n) is 15.9. The second-order valence-electron chi connectivity index (χ2n) is 12.0. The number of rotatable bonds is 12. The Kier molecular flexibility index (Phi) is 10.6. The third-order valence-electron chi connectivity index (χ3n) is 8.93. The van der Waals surface area contributed by atoms with Crippen LogP contribution in [-0.2, 0) is 36.1 Å². The summed E-state index contributed by atoms with van der Waals surface area (Å²) in [5, 5.41) is 10.1. The van der Waals surface area contributed by atoms with Crippen LogP contribution in [0.2, 0.25) is 10.0 Å². The molecule has 2 aromatic carbocycles. The fraction of sp³-hybridized carbons (Fsp3) is 0.371. The number of ether oxygens (including phenoxy) is 2. The van der Waals surface area contributed by atoms with E-state index in [4.69, 9.17) is 37.7 Å². The summed E-state index contributed by atoms with van der Waals surface area (Å²) in [7, 11) is 5.19. The molecule has 0 aliphatic carbocycles. The Morgan fingerprint density at radius 2 is 1.94 bits per heavy atom. The SMILES string of the molecule is COCCN1CCc2c(nc(C(=O)Nc3cccc(-c4ccnc(-c5ccc(CNC[C@@H]6CCC(=O)N6)c(OC)c5)c4Cl)c3Cl)n2C)C1. The van der Waals surface area contributed by atoms with Gasteiger partial charge in [0.05, 0.1) is 40.8 Å². The third kappa shape index (κ3) is 7.20. The normalized spacial score (nSPS) is 16.1. The van der Waals surface area contributed by atoms with Crippen LogP contribution in [0, 0.1) is 0 Å². The molecule has 4 aromatic rings.